The molecule has 1 unspecified atom stereocenters. The minimum Gasteiger partial charge on any atom is -0.493 e. The molecule has 0 radical (unpaired) electrons. The number of para-hydroxylation sites is 1. The Morgan fingerprint density at radius 3 is 2.44 bits per heavy atom. The molecule has 0 N–H and O–H groups in total. The first kappa shape index (κ1) is 18.5. The molecule has 5 nitrogen and oxygen atoms in total. The van der Waals surface area contributed by atoms with Crippen molar-refractivity contribution >= 4 is 10.0 Å². The van der Waals surface area contributed by atoms with E-state index in [0.29, 0.717) is 30.6 Å². The van der Waals surface area contributed by atoms with Crippen molar-refractivity contribution in [2.75, 3.05) is 32.8 Å². The zero-order chi connectivity index (χ0) is 19.0. The Morgan fingerprint density at radius 2 is 1.70 bits per heavy atom. The van der Waals surface area contributed by atoms with Gasteiger partial charge in [0.2, 0.25) is 10.0 Å². The molecule has 0 aliphatic carbocycles. The van der Waals surface area contributed by atoms with E-state index in [-0.39, 0.29) is 0 Å². The highest BCUT2D eigenvalue weighted by molar-refractivity contribution is 7.89. The molecule has 27 heavy (non-hydrogen) atoms. The van der Waals surface area contributed by atoms with Crippen molar-refractivity contribution in [2.45, 2.75) is 31.2 Å². The second-order valence-corrected chi connectivity index (χ2v) is 9.31. The smallest absolute Gasteiger partial charge is 0.243 e. The lowest BCUT2D eigenvalue weighted by atomic mass is 9.98. The number of fused-ring (bicyclic) bond motifs is 1. The van der Waals surface area contributed by atoms with Crippen molar-refractivity contribution in [3.63, 3.8) is 0 Å². The summed E-state index contributed by atoms with van der Waals surface area (Å²) in [6, 6.07) is 13.9. The monoisotopic (exact) mass is 386 g/mol. The van der Waals surface area contributed by atoms with Crippen LogP contribution in [-0.2, 0) is 10.0 Å². The van der Waals surface area contributed by atoms with Crippen molar-refractivity contribution in [2.24, 2.45) is 0 Å². The van der Waals surface area contributed by atoms with Gasteiger partial charge in [0.15, 0.2) is 0 Å². The first-order chi connectivity index (χ1) is 13.0. The van der Waals surface area contributed by atoms with Crippen molar-refractivity contribution < 1.29 is 13.2 Å². The summed E-state index contributed by atoms with van der Waals surface area (Å²) in [7, 11) is -3.43. The number of aryl methyl sites for hydroxylation is 2. The van der Waals surface area contributed by atoms with Gasteiger partial charge in [-0.15, -0.1) is 0 Å². The largest absolute Gasteiger partial charge is 0.493 e. The number of hydrogen-bond acceptors (Lipinski definition) is 4. The molecule has 6 heteroatoms. The molecule has 2 aliphatic heterocycles. The molecule has 0 spiro atoms. The van der Waals surface area contributed by atoms with E-state index >= 15 is 0 Å². The lowest BCUT2D eigenvalue weighted by molar-refractivity contribution is 0.103. The molecule has 2 aliphatic rings. The fourth-order valence-electron chi connectivity index (χ4n) is 3.98. The summed E-state index contributed by atoms with van der Waals surface area (Å²) in [5.41, 5.74) is 3.33. The highest BCUT2D eigenvalue weighted by Crippen LogP contribution is 2.36. The maximum atomic E-state index is 13.0. The summed E-state index contributed by atoms with van der Waals surface area (Å²) in [5.74, 6) is 0.957. The van der Waals surface area contributed by atoms with Crippen LogP contribution >= 0.6 is 0 Å². The number of benzene rings is 2. The number of nitrogens with zero attached hydrogens (tertiary/aromatic N) is 2. The molecular formula is C21H26N2O3S. The van der Waals surface area contributed by atoms with Gasteiger partial charge in [-0.05, 0) is 43.2 Å². The van der Waals surface area contributed by atoms with E-state index in [1.165, 1.54) is 5.56 Å². The number of hydrogen-bond donors (Lipinski definition) is 0. The zero-order valence-electron chi connectivity index (χ0n) is 15.9. The van der Waals surface area contributed by atoms with Gasteiger partial charge >= 0.3 is 0 Å². The van der Waals surface area contributed by atoms with Crippen LogP contribution in [-0.4, -0.2) is 50.4 Å². The Morgan fingerprint density at radius 1 is 0.963 bits per heavy atom. The number of sulfonamides is 1. The van der Waals surface area contributed by atoms with E-state index in [1.807, 2.05) is 38.1 Å². The first-order valence-electron chi connectivity index (χ1n) is 9.50. The highest BCUT2D eigenvalue weighted by atomic mass is 32.2. The predicted molar refractivity (Wildman–Crippen MR) is 106 cm³/mol. The summed E-state index contributed by atoms with van der Waals surface area (Å²) in [5, 5.41) is 0. The first-order valence-corrected chi connectivity index (χ1v) is 10.9. The van der Waals surface area contributed by atoms with Crippen molar-refractivity contribution in [3.8, 4) is 5.75 Å². The van der Waals surface area contributed by atoms with Crippen molar-refractivity contribution in [1.82, 2.24) is 9.21 Å². The average Bonchev–Trinajstić information content (AvgIpc) is 2.69. The van der Waals surface area contributed by atoms with Crippen LogP contribution in [0.4, 0.5) is 0 Å². The molecule has 4 rings (SSSR count). The number of ether oxygens (including phenoxy) is 1. The summed E-state index contributed by atoms with van der Waals surface area (Å²) < 4.78 is 33.4. The standard InChI is InChI=1S/C21H26N2O3S/c1-16-7-8-18(15-17(16)2)27(24,25)23-12-10-22(11-13-23)20-9-14-26-21-6-4-3-5-19(20)21/h3-8,15,20H,9-14H2,1-2H3. The SMILES string of the molecule is Cc1ccc(S(=O)(=O)N2CCN(C3CCOc4ccccc43)CC2)cc1C. The topological polar surface area (TPSA) is 49.9 Å². The minimum absolute atomic E-state index is 0.307. The van der Waals surface area contributed by atoms with Crippen molar-refractivity contribution in [3.05, 3.63) is 59.2 Å². The fraction of sp³-hybridized carbons (Fsp3) is 0.429. The van der Waals surface area contributed by atoms with E-state index in [4.69, 9.17) is 4.74 Å². The highest BCUT2D eigenvalue weighted by Gasteiger charge is 2.33. The summed E-state index contributed by atoms with van der Waals surface area (Å²) in [6.07, 6.45) is 0.945. The second kappa shape index (κ2) is 7.26. The normalized spacial score (nSPS) is 21.5. The van der Waals surface area contributed by atoms with Gasteiger partial charge in [-0.2, -0.15) is 4.31 Å². The molecule has 1 atom stereocenters. The summed E-state index contributed by atoms with van der Waals surface area (Å²) in [4.78, 5) is 2.80. The Bertz CT molecular complexity index is 934. The van der Waals surface area contributed by atoms with Gasteiger partial charge in [0.1, 0.15) is 5.75 Å². The zero-order valence-corrected chi connectivity index (χ0v) is 16.7. The van der Waals surface area contributed by atoms with Crippen LogP contribution < -0.4 is 4.74 Å². The summed E-state index contributed by atoms with van der Waals surface area (Å²) >= 11 is 0. The molecular weight excluding hydrogens is 360 g/mol. The minimum atomic E-state index is -3.43. The lowest BCUT2D eigenvalue weighted by Crippen LogP contribution is -2.50. The van der Waals surface area contributed by atoms with Gasteiger partial charge < -0.3 is 4.74 Å². The second-order valence-electron chi connectivity index (χ2n) is 7.38. The molecule has 0 saturated carbocycles. The molecule has 0 amide bonds. The van der Waals surface area contributed by atoms with Gasteiger partial charge in [0, 0.05) is 44.2 Å². The molecule has 1 saturated heterocycles. The molecule has 0 aromatic heterocycles. The van der Waals surface area contributed by atoms with Crippen LogP contribution in [0.5, 0.6) is 5.75 Å². The third-order valence-electron chi connectivity index (χ3n) is 5.76. The van der Waals surface area contributed by atoms with Crippen LogP contribution in [0.2, 0.25) is 0 Å². The van der Waals surface area contributed by atoms with Crippen LogP contribution in [0.3, 0.4) is 0 Å². The quantitative estimate of drug-likeness (QED) is 0.813. The Hall–Kier alpha value is -1.89. The van der Waals surface area contributed by atoms with Crippen LogP contribution in [0.25, 0.3) is 0 Å². The van der Waals surface area contributed by atoms with Crippen LogP contribution in [0, 0.1) is 13.8 Å². The molecule has 2 aromatic carbocycles. The van der Waals surface area contributed by atoms with Gasteiger partial charge in [-0.1, -0.05) is 24.3 Å². The van der Waals surface area contributed by atoms with E-state index in [9.17, 15) is 8.42 Å². The third kappa shape index (κ3) is 3.49. The van der Waals surface area contributed by atoms with Crippen LogP contribution in [0.15, 0.2) is 47.4 Å². The maximum absolute atomic E-state index is 13.0. The van der Waals surface area contributed by atoms with E-state index in [2.05, 4.69) is 11.0 Å². The van der Waals surface area contributed by atoms with Crippen LogP contribution in [0.1, 0.15) is 29.2 Å². The molecule has 2 heterocycles. The van der Waals surface area contributed by atoms with E-state index < -0.39 is 10.0 Å². The summed E-state index contributed by atoms with van der Waals surface area (Å²) in [6.45, 7) is 7.18. The molecule has 0 bridgehead atoms. The van der Waals surface area contributed by atoms with Gasteiger partial charge in [0.25, 0.3) is 0 Å². The number of rotatable bonds is 3. The third-order valence-corrected chi connectivity index (χ3v) is 7.65. The molecule has 1 fully saturated rings. The van der Waals surface area contributed by atoms with Crippen molar-refractivity contribution in [1.29, 1.82) is 0 Å². The van der Waals surface area contributed by atoms with Gasteiger partial charge in [-0.25, -0.2) is 8.42 Å². The van der Waals surface area contributed by atoms with E-state index in [1.54, 1.807) is 16.4 Å². The molecule has 144 valence electrons. The fourth-order valence-corrected chi connectivity index (χ4v) is 5.49. The van der Waals surface area contributed by atoms with Gasteiger partial charge in [-0.3, -0.25) is 4.90 Å². The Balaban J connectivity index is 1.48. The average molecular weight is 387 g/mol. The van der Waals surface area contributed by atoms with E-state index in [0.717, 1.165) is 36.4 Å². The number of piperazine rings is 1. The lowest BCUT2D eigenvalue weighted by Gasteiger charge is -2.40. The maximum Gasteiger partial charge on any atom is 0.243 e. The predicted octanol–water partition coefficient (Wildman–Crippen LogP) is 3.13. The Labute approximate surface area is 161 Å². The Kier molecular flexibility index (Phi) is 4.97. The molecule has 2 aromatic rings. The van der Waals surface area contributed by atoms with Gasteiger partial charge in [0.05, 0.1) is 11.5 Å².